The lowest BCUT2D eigenvalue weighted by Crippen LogP contribution is -2.31. The van der Waals surface area contributed by atoms with E-state index in [4.69, 9.17) is 5.11 Å². The number of aliphatic carboxylic acids is 1. The molecule has 1 unspecified atom stereocenters. The molecule has 0 aliphatic carbocycles. The molecule has 0 bridgehead atoms. The fourth-order valence-corrected chi connectivity index (χ4v) is 2.49. The van der Waals surface area contributed by atoms with Gasteiger partial charge in [-0.05, 0) is 34.3 Å². The molecule has 6 heteroatoms. The summed E-state index contributed by atoms with van der Waals surface area (Å²) in [5, 5.41) is 11.6. The number of amides is 1. The molecule has 1 heterocycles. The second kappa shape index (κ2) is 8.09. The Bertz CT molecular complexity index is 471. The topological polar surface area (TPSA) is 71.3 Å². The molecule has 20 heavy (non-hydrogen) atoms. The Labute approximate surface area is 127 Å². The first-order valence-electron chi connectivity index (χ1n) is 6.83. The van der Waals surface area contributed by atoms with Crippen LogP contribution in [0.4, 0.5) is 0 Å². The van der Waals surface area contributed by atoms with Gasteiger partial charge >= 0.3 is 5.97 Å². The summed E-state index contributed by atoms with van der Waals surface area (Å²) in [4.78, 5) is 22.9. The molecule has 1 amide bonds. The molecule has 2 N–H and O–H groups in total. The van der Waals surface area contributed by atoms with E-state index in [2.05, 4.69) is 28.2 Å². The Balaban J connectivity index is 2.64. The number of carbonyl (C=O) groups is 2. The third-order valence-electron chi connectivity index (χ3n) is 3.15. The maximum atomic E-state index is 12.2. The Kier molecular flexibility index (Phi) is 6.78. The highest BCUT2D eigenvalue weighted by Crippen LogP contribution is 2.16. The fourth-order valence-electron chi connectivity index (χ4n) is 2.03. The Hall–Kier alpha value is -1.30. The normalized spacial score (nSPS) is 12.2. The van der Waals surface area contributed by atoms with Crippen molar-refractivity contribution in [1.82, 2.24) is 9.88 Å². The van der Waals surface area contributed by atoms with E-state index >= 15 is 0 Å². The highest BCUT2D eigenvalue weighted by Gasteiger charge is 2.16. The number of carboxylic acid groups (broad SMARTS) is 1. The summed E-state index contributed by atoms with van der Waals surface area (Å²) < 4.78 is 2.77. The van der Waals surface area contributed by atoms with E-state index in [9.17, 15) is 9.59 Å². The van der Waals surface area contributed by atoms with Gasteiger partial charge in [-0.3, -0.25) is 9.59 Å². The van der Waals surface area contributed by atoms with Crippen molar-refractivity contribution in [3.63, 3.8) is 0 Å². The molecule has 112 valence electrons. The molecule has 0 spiro atoms. The minimum Gasteiger partial charge on any atom is -0.481 e. The predicted octanol–water partition coefficient (Wildman–Crippen LogP) is 2.89. The van der Waals surface area contributed by atoms with E-state index in [0.29, 0.717) is 12.2 Å². The molecular weight excluding hydrogens is 324 g/mol. The smallest absolute Gasteiger partial charge is 0.303 e. The van der Waals surface area contributed by atoms with Crippen molar-refractivity contribution in [3.05, 3.63) is 22.4 Å². The number of rotatable bonds is 8. The average Bonchev–Trinajstić information content (AvgIpc) is 2.75. The van der Waals surface area contributed by atoms with Gasteiger partial charge in [0, 0.05) is 30.2 Å². The second-order valence-corrected chi connectivity index (χ2v) is 5.73. The number of hydrogen-bond donors (Lipinski definition) is 2. The average molecular weight is 345 g/mol. The number of aromatic nitrogens is 1. The molecule has 0 fully saturated rings. The van der Waals surface area contributed by atoms with Crippen molar-refractivity contribution < 1.29 is 14.7 Å². The SMILES string of the molecule is CCCn1cc(Br)cc1C(=O)NCC(CC)CC(=O)O. The van der Waals surface area contributed by atoms with Crippen LogP contribution >= 0.6 is 15.9 Å². The Morgan fingerprint density at radius 3 is 2.70 bits per heavy atom. The maximum Gasteiger partial charge on any atom is 0.303 e. The lowest BCUT2D eigenvalue weighted by Gasteiger charge is -2.14. The van der Waals surface area contributed by atoms with Crippen LogP contribution in [-0.4, -0.2) is 28.1 Å². The lowest BCUT2D eigenvalue weighted by atomic mass is 10.0. The van der Waals surface area contributed by atoms with Crippen LogP contribution < -0.4 is 5.32 Å². The molecule has 0 aliphatic rings. The third-order valence-corrected chi connectivity index (χ3v) is 3.59. The summed E-state index contributed by atoms with van der Waals surface area (Å²) in [5.74, 6) is -1.02. The van der Waals surface area contributed by atoms with Crippen molar-refractivity contribution in [2.75, 3.05) is 6.54 Å². The van der Waals surface area contributed by atoms with Crippen LogP contribution in [0.3, 0.4) is 0 Å². The van der Waals surface area contributed by atoms with Crippen LogP contribution in [0.5, 0.6) is 0 Å². The van der Waals surface area contributed by atoms with Crippen molar-refractivity contribution in [1.29, 1.82) is 0 Å². The highest BCUT2D eigenvalue weighted by atomic mass is 79.9. The van der Waals surface area contributed by atoms with Crippen molar-refractivity contribution in [2.45, 2.75) is 39.7 Å². The van der Waals surface area contributed by atoms with E-state index in [-0.39, 0.29) is 18.2 Å². The number of carbonyl (C=O) groups excluding carboxylic acids is 1. The summed E-state index contributed by atoms with van der Waals surface area (Å²) >= 11 is 3.37. The number of nitrogens with one attached hydrogen (secondary N) is 1. The molecule has 0 radical (unpaired) electrons. The summed E-state index contributed by atoms with van der Waals surface area (Å²) in [6.45, 7) is 5.14. The Morgan fingerprint density at radius 2 is 2.15 bits per heavy atom. The maximum absolute atomic E-state index is 12.2. The predicted molar refractivity (Wildman–Crippen MR) is 80.8 cm³/mol. The van der Waals surface area contributed by atoms with Crippen LogP contribution in [0.15, 0.2) is 16.7 Å². The molecule has 0 aromatic carbocycles. The van der Waals surface area contributed by atoms with E-state index in [1.165, 1.54) is 0 Å². The van der Waals surface area contributed by atoms with Gasteiger partial charge in [0.15, 0.2) is 0 Å². The standard InChI is InChI=1S/C14H21BrN2O3/c1-3-5-17-9-11(15)7-12(17)14(20)16-8-10(4-2)6-13(18)19/h7,9-10H,3-6,8H2,1-2H3,(H,16,20)(H,18,19). The van der Waals surface area contributed by atoms with Gasteiger partial charge in [0.1, 0.15) is 5.69 Å². The van der Waals surface area contributed by atoms with Crippen LogP contribution in [0.2, 0.25) is 0 Å². The van der Waals surface area contributed by atoms with Crippen LogP contribution in [-0.2, 0) is 11.3 Å². The molecule has 5 nitrogen and oxygen atoms in total. The molecule has 1 rings (SSSR count). The first-order valence-corrected chi connectivity index (χ1v) is 7.62. The molecular formula is C14H21BrN2O3. The molecule has 0 saturated heterocycles. The number of hydrogen-bond acceptors (Lipinski definition) is 2. The summed E-state index contributed by atoms with van der Waals surface area (Å²) in [5.41, 5.74) is 0.601. The van der Waals surface area contributed by atoms with Crippen LogP contribution in [0, 0.1) is 5.92 Å². The molecule has 1 atom stereocenters. The van der Waals surface area contributed by atoms with Gasteiger partial charge in [0.25, 0.3) is 5.91 Å². The van der Waals surface area contributed by atoms with Gasteiger partial charge in [0.05, 0.1) is 0 Å². The largest absolute Gasteiger partial charge is 0.481 e. The molecule has 1 aromatic heterocycles. The number of aryl methyl sites for hydroxylation is 1. The van der Waals surface area contributed by atoms with Gasteiger partial charge in [0.2, 0.25) is 0 Å². The van der Waals surface area contributed by atoms with Gasteiger partial charge in [-0.25, -0.2) is 0 Å². The quantitative estimate of drug-likeness (QED) is 0.761. The number of nitrogens with zero attached hydrogens (tertiary/aromatic N) is 1. The third kappa shape index (κ3) is 5.00. The summed E-state index contributed by atoms with van der Waals surface area (Å²) in [6.07, 6.45) is 3.63. The van der Waals surface area contributed by atoms with Gasteiger partial charge < -0.3 is 15.0 Å². The Morgan fingerprint density at radius 1 is 1.45 bits per heavy atom. The van der Waals surface area contributed by atoms with Gasteiger partial charge in [-0.1, -0.05) is 20.3 Å². The number of halogens is 1. The van der Waals surface area contributed by atoms with Crippen molar-refractivity contribution in [3.8, 4) is 0 Å². The van der Waals surface area contributed by atoms with E-state index in [1.54, 1.807) is 6.07 Å². The minimum atomic E-state index is -0.830. The lowest BCUT2D eigenvalue weighted by molar-refractivity contribution is -0.138. The molecule has 1 aromatic rings. The zero-order valence-corrected chi connectivity index (χ0v) is 13.4. The van der Waals surface area contributed by atoms with Crippen molar-refractivity contribution >= 4 is 27.8 Å². The van der Waals surface area contributed by atoms with E-state index < -0.39 is 5.97 Å². The van der Waals surface area contributed by atoms with E-state index in [0.717, 1.165) is 23.9 Å². The summed E-state index contributed by atoms with van der Waals surface area (Å²) in [6, 6.07) is 1.78. The zero-order valence-electron chi connectivity index (χ0n) is 11.9. The number of carboxylic acids is 1. The first-order chi connectivity index (χ1) is 9.47. The molecule has 0 saturated carbocycles. The van der Waals surface area contributed by atoms with Crippen LogP contribution in [0.1, 0.15) is 43.6 Å². The minimum absolute atomic E-state index is 0.0329. The van der Waals surface area contributed by atoms with Gasteiger partial charge in [-0.15, -0.1) is 0 Å². The second-order valence-electron chi connectivity index (χ2n) is 4.82. The van der Waals surface area contributed by atoms with E-state index in [1.807, 2.05) is 17.7 Å². The monoisotopic (exact) mass is 344 g/mol. The zero-order chi connectivity index (χ0) is 15.1. The van der Waals surface area contributed by atoms with Crippen molar-refractivity contribution in [2.24, 2.45) is 5.92 Å². The summed E-state index contributed by atoms with van der Waals surface area (Å²) in [7, 11) is 0. The van der Waals surface area contributed by atoms with Crippen LogP contribution in [0.25, 0.3) is 0 Å². The fraction of sp³-hybridized carbons (Fsp3) is 0.571. The molecule has 0 aliphatic heterocycles. The van der Waals surface area contributed by atoms with Gasteiger partial charge in [-0.2, -0.15) is 0 Å². The highest BCUT2D eigenvalue weighted by molar-refractivity contribution is 9.10. The first kappa shape index (κ1) is 16.8.